The molecule has 1 aliphatic rings. The first-order chi connectivity index (χ1) is 12.8. The Kier molecular flexibility index (Phi) is 4.40. The highest BCUT2D eigenvalue weighted by Gasteiger charge is 2.13. The second-order valence-corrected chi connectivity index (χ2v) is 6.48. The van der Waals surface area contributed by atoms with Crippen LogP contribution in [0.1, 0.15) is 18.2 Å². The van der Waals surface area contributed by atoms with E-state index >= 15 is 0 Å². The largest absolute Gasteiger partial charge is 0.348 e. The molecule has 0 amide bonds. The van der Waals surface area contributed by atoms with E-state index in [4.69, 9.17) is 0 Å². The lowest BCUT2D eigenvalue weighted by molar-refractivity contribution is -0.646. The number of hydrogen-bond donors (Lipinski definition) is 0. The quantitative estimate of drug-likeness (QED) is 0.601. The highest BCUT2D eigenvalue weighted by Crippen LogP contribution is 2.32. The maximum Gasteiger partial charge on any atom is 0.212 e. The lowest BCUT2D eigenvalue weighted by Crippen LogP contribution is -2.32. The van der Waals surface area contributed by atoms with E-state index in [-0.39, 0.29) is 0 Å². The molecular weight excluding hydrogens is 316 g/mol. The molecule has 0 atom stereocenters. The fourth-order valence-electron chi connectivity index (χ4n) is 3.51. The SMILES string of the molecule is CCN1C=CC(=CC=Cc2ccc3ccccc3[n+]2C)c2ccccc21. The molecule has 0 fully saturated rings. The highest BCUT2D eigenvalue weighted by atomic mass is 15.1. The molecule has 3 aromatic rings. The maximum atomic E-state index is 2.28. The lowest BCUT2D eigenvalue weighted by Gasteiger charge is -2.26. The molecular formula is C24H23N2+. The minimum Gasteiger partial charge on any atom is -0.348 e. The Balaban J connectivity index is 1.67. The van der Waals surface area contributed by atoms with Gasteiger partial charge in [-0.25, -0.2) is 0 Å². The molecule has 0 spiro atoms. The van der Waals surface area contributed by atoms with Gasteiger partial charge in [0, 0.05) is 47.6 Å². The zero-order valence-electron chi connectivity index (χ0n) is 15.3. The first-order valence-electron chi connectivity index (χ1n) is 9.08. The topological polar surface area (TPSA) is 7.12 Å². The number of allylic oxidation sites excluding steroid dienone is 4. The van der Waals surface area contributed by atoms with Gasteiger partial charge in [-0.1, -0.05) is 42.5 Å². The average molecular weight is 339 g/mol. The van der Waals surface area contributed by atoms with Crippen LogP contribution in [0.3, 0.4) is 0 Å². The number of aryl methyl sites for hydroxylation is 1. The van der Waals surface area contributed by atoms with E-state index in [0.29, 0.717) is 0 Å². The zero-order valence-corrected chi connectivity index (χ0v) is 15.3. The molecule has 0 radical (unpaired) electrons. The van der Waals surface area contributed by atoms with Gasteiger partial charge in [-0.05, 0) is 36.8 Å². The molecule has 2 aromatic carbocycles. The lowest BCUT2D eigenvalue weighted by atomic mass is 9.99. The average Bonchev–Trinajstić information content (AvgIpc) is 2.70. The number of para-hydroxylation sites is 2. The van der Waals surface area contributed by atoms with Gasteiger partial charge in [-0.15, -0.1) is 0 Å². The van der Waals surface area contributed by atoms with Crippen LogP contribution in [0.4, 0.5) is 5.69 Å². The van der Waals surface area contributed by atoms with E-state index in [0.717, 1.165) is 6.54 Å². The van der Waals surface area contributed by atoms with Gasteiger partial charge in [-0.2, -0.15) is 4.57 Å². The monoisotopic (exact) mass is 339 g/mol. The van der Waals surface area contributed by atoms with Gasteiger partial charge in [0.25, 0.3) is 0 Å². The summed E-state index contributed by atoms with van der Waals surface area (Å²) in [6.07, 6.45) is 10.9. The minimum absolute atomic E-state index is 0.976. The van der Waals surface area contributed by atoms with Crippen molar-refractivity contribution >= 4 is 28.2 Å². The molecule has 2 heterocycles. The first-order valence-corrected chi connectivity index (χ1v) is 9.08. The summed E-state index contributed by atoms with van der Waals surface area (Å²) >= 11 is 0. The summed E-state index contributed by atoms with van der Waals surface area (Å²) in [5, 5.41) is 1.26. The van der Waals surface area contributed by atoms with Crippen molar-refractivity contribution in [2.24, 2.45) is 7.05 Å². The number of fused-ring (bicyclic) bond motifs is 2. The van der Waals surface area contributed by atoms with Gasteiger partial charge in [0.2, 0.25) is 11.2 Å². The third-order valence-electron chi connectivity index (χ3n) is 4.96. The van der Waals surface area contributed by atoms with Gasteiger partial charge in [-0.3, -0.25) is 0 Å². The minimum atomic E-state index is 0.976. The van der Waals surface area contributed by atoms with Crippen LogP contribution in [0.25, 0.3) is 22.6 Å². The Morgan fingerprint density at radius 3 is 2.65 bits per heavy atom. The van der Waals surface area contributed by atoms with E-state index in [9.17, 15) is 0 Å². The Morgan fingerprint density at radius 1 is 0.962 bits per heavy atom. The van der Waals surface area contributed by atoms with Crippen LogP contribution in [-0.4, -0.2) is 6.54 Å². The smallest absolute Gasteiger partial charge is 0.212 e. The molecule has 0 bridgehead atoms. The molecule has 0 unspecified atom stereocenters. The van der Waals surface area contributed by atoms with Crippen LogP contribution in [0.15, 0.2) is 85.1 Å². The number of nitrogens with zero attached hydrogens (tertiary/aromatic N) is 2. The summed E-state index contributed by atoms with van der Waals surface area (Å²) < 4.78 is 2.23. The second kappa shape index (κ2) is 7.01. The number of anilines is 1. The van der Waals surface area contributed by atoms with Crippen LogP contribution in [-0.2, 0) is 7.05 Å². The van der Waals surface area contributed by atoms with Crippen molar-refractivity contribution in [2.75, 3.05) is 11.4 Å². The van der Waals surface area contributed by atoms with Gasteiger partial charge >= 0.3 is 0 Å². The number of aromatic nitrogens is 1. The summed E-state index contributed by atoms with van der Waals surface area (Å²) in [7, 11) is 2.12. The molecule has 0 N–H and O–H groups in total. The fraction of sp³-hybridized carbons (Fsp3) is 0.125. The second-order valence-electron chi connectivity index (χ2n) is 6.48. The molecule has 0 saturated heterocycles. The Bertz CT molecular complexity index is 1040. The molecule has 26 heavy (non-hydrogen) atoms. The fourth-order valence-corrected chi connectivity index (χ4v) is 3.51. The van der Waals surface area contributed by atoms with Gasteiger partial charge in [0.1, 0.15) is 7.05 Å². The molecule has 1 aliphatic heterocycles. The Hall–Kier alpha value is -3.13. The summed E-state index contributed by atoms with van der Waals surface area (Å²) in [6.45, 7) is 3.15. The zero-order chi connectivity index (χ0) is 17.9. The normalized spacial score (nSPS) is 15.2. The van der Waals surface area contributed by atoms with Crippen molar-refractivity contribution in [1.82, 2.24) is 0 Å². The summed E-state index contributed by atoms with van der Waals surface area (Å²) in [5.74, 6) is 0. The Labute approximate surface area is 155 Å². The first kappa shape index (κ1) is 16.3. The van der Waals surface area contributed by atoms with Crippen LogP contribution in [0.2, 0.25) is 0 Å². The molecule has 2 heteroatoms. The van der Waals surface area contributed by atoms with Crippen LogP contribution >= 0.6 is 0 Å². The van der Waals surface area contributed by atoms with E-state index in [1.165, 1.54) is 33.4 Å². The van der Waals surface area contributed by atoms with Crippen LogP contribution in [0.5, 0.6) is 0 Å². The highest BCUT2D eigenvalue weighted by molar-refractivity contribution is 5.87. The van der Waals surface area contributed by atoms with Gasteiger partial charge in [0.05, 0.1) is 0 Å². The van der Waals surface area contributed by atoms with Crippen LogP contribution < -0.4 is 9.47 Å². The number of benzene rings is 2. The number of rotatable bonds is 3. The van der Waals surface area contributed by atoms with Crippen LogP contribution in [0, 0.1) is 0 Å². The van der Waals surface area contributed by atoms with Crippen molar-refractivity contribution in [1.29, 1.82) is 0 Å². The van der Waals surface area contributed by atoms with E-state index in [1.54, 1.807) is 0 Å². The van der Waals surface area contributed by atoms with E-state index < -0.39 is 0 Å². The van der Waals surface area contributed by atoms with E-state index in [1.807, 2.05) is 0 Å². The molecule has 0 aliphatic carbocycles. The van der Waals surface area contributed by atoms with Crippen molar-refractivity contribution in [3.8, 4) is 0 Å². The standard InChI is InChI=1S/C24H23N2/c1-3-26-18-17-19(22-12-5-7-14-24(22)26)10-8-11-21-16-15-20-9-4-6-13-23(20)25(21)2/h4-18H,3H2,1-2H3/q+1. The number of hydrogen-bond acceptors (Lipinski definition) is 1. The Morgan fingerprint density at radius 2 is 1.77 bits per heavy atom. The van der Waals surface area contributed by atoms with Crippen molar-refractivity contribution < 1.29 is 4.57 Å². The maximum absolute atomic E-state index is 2.28. The summed E-state index contributed by atoms with van der Waals surface area (Å²) in [5.41, 5.74) is 6.22. The molecule has 1 aromatic heterocycles. The third-order valence-corrected chi connectivity index (χ3v) is 4.96. The molecule has 2 nitrogen and oxygen atoms in total. The van der Waals surface area contributed by atoms with Gasteiger partial charge < -0.3 is 4.90 Å². The summed E-state index contributed by atoms with van der Waals surface area (Å²) in [4.78, 5) is 2.28. The predicted octanol–water partition coefficient (Wildman–Crippen LogP) is 5.11. The third kappa shape index (κ3) is 2.95. The predicted molar refractivity (Wildman–Crippen MR) is 111 cm³/mol. The van der Waals surface area contributed by atoms with Crippen molar-refractivity contribution in [3.05, 3.63) is 96.3 Å². The van der Waals surface area contributed by atoms with Crippen molar-refractivity contribution in [2.45, 2.75) is 6.92 Å². The molecule has 0 saturated carbocycles. The van der Waals surface area contributed by atoms with Crippen molar-refractivity contribution in [3.63, 3.8) is 0 Å². The molecule has 4 rings (SSSR count). The van der Waals surface area contributed by atoms with E-state index in [2.05, 4.69) is 115 Å². The summed E-state index contributed by atoms with van der Waals surface area (Å²) in [6, 6.07) is 21.4. The molecule has 128 valence electrons. The van der Waals surface area contributed by atoms with Gasteiger partial charge in [0.15, 0.2) is 0 Å². The number of pyridine rings is 1.